The SMILES string of the molecule is CC(C)NCCCC1CCN(C2(C)C=CC=N2)CC1. The molecule has 1 atom stereocenters. The normalized spacial score (nSPS) is 28.6. The van der Waals surface area contributed by atoms with Gasteiger partial charge in [-0.05, 0) is 57.2 Å². The first-order valence-electron chi connectivity index (χ1n) is 7.81. The lowest BCUT2D eigenvalue weighted by atomic mass is 9.91. The van der Waals surface area contributed by atoms with E-state index in [9.17, 15) is 0 Å². The molecule has 0 spiro atoms. The van der Waals surface area contributed by atoms with Gasteiger partial charge in [0.05, 0.1) is 0 Å². The van der Waals surface area contributed by atoms with Gasteiger partial charge in [0.25, 0.3) is 0 Å². The van der Waals surface area contributed by atoms with Crippen LogP contribution >= 0.6 is 0 Å². The monoisotopic (exact) mass is 263 g/mol. The third-order valence-corrected chi connectivity index (χ3v) is 4.43. The van der Waals surface area contributed by atoms with Gasteiger partial charge in [0, 0.05) is 25.3 Å². The van der Waals surface area contributed by atoms with Crippen LogP contribution in [-0.4, -0.2) is 42.5 Å². The summed E-state index contributed by atoms with van der Waals surface area (Å²) in [5.41, 5.74) is -0.0514. The summed E-state index contributed by atoms with van der Waals surface area (Å²) in [6.45, 7) is 10.2. The molecule has 0 amide bonds. The zero-order valence-corrected chi connectivity index (χ0v) is 12.7. The van der Waals surface area contributed by atoms with Crippen LogP contribution in [0.1, 0.15) is 46.5 Å². The largest absolute Gasteiger partial charge is 0.315 e. The van der Waals surface area contributed by atoms with Crippen molar-refractivity contribution in [1.82, 2.24) is 10.2 Å². The Hall–Kier alpha value is -0.670. The van der Waals surface area contributed by atoms with Gasteiger partial charge < -0.3 is 5.32 Å². The van der Waals surface area contributed by atoms with Crippen LogP contribution in [0.3, 0.4) is 0 Å². The van der Waals surface area contributed by atoms with Crippen molar-refractivity contribution in [3.8, 4) is 0 Å². The second-order valence-corrected chi connectivity index (χ2v) is 6.41. The van der Waals surface area contributed by atoms with Gasteiger partial charge in [0.2, 0.25) is 0 Å². The van der Waals surface area contributed by atoms with Gasteiger partial charge in [-0.2, -0.15) is 0 Å². The fraction of sp³-hybridized carbons (Fsp3) is 0.812. The van der Waals surface area contributed by atoms with Gasteiger partial charge in [-0.25, -0.2) is 0 Å². The van der Waals surface area contributed by atoms with Crippen molar-refractivity contribution in [2.24, 2.45) is 10.9 Å². The molecule has 19 heavy (non-hydrogen) atoms. The first-order chi connectivity index (χ1) is 9.10. The van der Waals surface area contributed by atoms with E-state index in [-0.39, 0.29) is 5.66 Å². The zero-order valence-electron chi connectivity index (χ0n) is 12.7. The van der Waals surface area contributed by atoms with Crippen LogP contribution in [-0.2, 0) is 0 Å². The molecule has 108 valence electrons. The van der Waals surface area contributed by atoms with E-state index in [4.69, 9.17) is 0 Å². The van der Waals surface area contributed by atoms with Crippen molar-refractivity contribution in [2.75, 3.05) is 19.6 Å². The Balaban J connectivity index is 1.65. The molecule has 0 aliphatic carbocycles. The highest BCUT2D eigenvalue weighted by molar-refractivity contribution is 5.75. The molecule has 0 aromatic heterocycles. The summed E-state index contributed by atoms with van der Waals surface area (Å²) in [4.78, 5) is 7.11. The number of hydrogen-bond donors (Lipinski definition) is 1. The Morgan fingerprint density at radius 1 is 1.37 bits per heavy atom. The standard InChI is InChI=1S/C16H29N3/c1-14(2)17-10-4-6-15-7-12-19(13-8-15)16(3)9-5-11-18-16/h5,9,11,14-15,17H,4,6-8,10,12-13H2,1-3H3. The molecule has 0 aromatic carbocycles. The molecule has 0 saturated carbocycles. The smallest absolute Gasteiger partial charge is 0.129 e. The van der Waals surface area contributed by atoms with E-state index in [2.05, 4.69) is 48.1 Å². The van der Waals surface area contributed by atoms with Crippen LogP contribution in [0.15, 0.2) is 17.1 Å². The summed E-state index contributed by atoms with van der Waals surface area (Å²) in [6.07, 6.45) is 11.6. The minimum Gasteiger partial charge on any atom is -0.315 e. The number of hydrogen-bond acceptors (Lipinski definition) is 3. The molecular formula is C16H29N3. The third kappa shape index (κ3) is 4.15. The molecule has 1 unspecified atom stereocenters. The maximum Gasteiger partial charge on any atom is 0.129 e. The van der Waals surface area contributed by atoms with Crippen LogP contribution < -0.4 is 5.32 Å². The van der Waals surface area contributed by atoms with Crippen LogP contribution in [0, 0.1) is 5.92 Å². The Bertz CT molecular complexity index is 313. The molecule has 0 aromatic rings. The summed E-state index contributed by atoms with van der Waals surface area (Å²) in [5.74, 6) is 0.920. The van der Waals surface area contributed by atoms with E-state index in [1.165, 1.54) is 45.3 Å². The number of likely N-dealkylation sites (tertiary alicyclic amines) is 1. The topological polar surface area (TPSA) is 27.6 Å². The minimum absolute atomic E-state index is 0.0514. The lowest BCUT2D eigenvalue weighted by Crippen LogP contribution is -2.47. The number of nitrogens with zero attached hydrogens (tertiary/aromatic N) is 2. The molecule has 2 heterocycles. The maximum atomic E-state index is 4.59. The predicted octanol–water partition coefficient (Wildman–Crippen LogP) is 2.83. The molecule has 2 aliphatic heterocycles. The molecule has 1 fully saturated rings. The zero-order chi connectivity index (χ0) is 13.7. The fourth-order valence-electron chi connectivity index (χ4n) is 3.11. The Labute approximate surface area is 118 Å². The van der Waals surface area contributed by atoms with E-state index in [1.807, 2.05) is 6.21 Å². The number of allylic oxidation sites excluding steroid dienone is 1. The first-order valence-corrected chi connectivity index (χ1v) is 7.81. The van der Waals surface area contributed by atoms with Crippen LogP contribution in [0.5, 0.6) is 0 Å². The van der Waals surface area contributed by atoms with Crippen molar-refractivity contribution in [2.45, 2.75) is 58.2 Å². The van der Waals surface area contributed by atoms with Crippen molar-refractivity contribution in [1.29, 1.82) is 0 Å². The Morgan fingerprint density at radius 2 is 2.11 bits per heavy atom. The van der Waals surface area contributed by atoms with Gasteiger partial charge in [0.15, 0.2) is 0 Å². The Kier molecular flexibility index (Phi) is 5.17. The average molecular weight is 263 g/mol. The number of aliphatic imine (C=N–C) groups is 1. The molecular weight excluding hydrogens is 234 g/mol. The van der Waals surface area contributed by atoms with Crippen LogP contribution in [0.25, 0.3) is 0 Å². The van der Waals surface area contributed by atoms with Gasteiger partial charge in [-0.15, -0.1) is 0 Å². The quantitative estimate of drug-likeness (QED) is 0.746. The van der Waals surface area contributed by atoms with Gasteiger partial charge in [0.1, 0.15) is 5.66 Å². The van der Waals surface area contributed by atoms with Crippen molar-refractivity contribution in [3.05, 3.63) is 12.2 Å². The fourth-order valence-corrected chi connectivity index (χ4v) is 3.11. The second kappa shape index (κ2) is 6.67. The van der Waals surface area contributed by atoms with Gasteiger partial charge >= 0.3 is 0 Å². The summed E-state index contributed by atoms with van der Waals surface area (Å²) < 4.78 is 0. The number of rotatable bonds is 6. The predicted molar refractivity (Wildman–Crippen MR) is 82.7 cm³/mol. The third-order valence-electron chi connectivity index (χ3n) is 4.43. The summed E-state index contributed by atoms with van der Waals surface area (Å²) in [7, 11) is 0. The van der Waals surface area contributed by atoms with Crippen molar-refractivity contribution >= 4 is 6.21 Å². The maximum absolute atomic E-state index is 4.59. The van der Waals surface area contributed by atoms with Crippen LogP contribution in [0.4, 0.5) is 0 Å². The highest BCUT2D eigenvalue weighted by atomic mass is 15.3. The van der Waals surface area contributed by atoms with Crippen molar-refractivity contribution < 1.29 is 0 Å². The summed E-state index contributed by atoms with van der Waals surface area (Å²) in [5, 5.41) is 3.51. The molecule has 0 radical (unpaired) electrons. The molecule has 2 aliphatic rings. The lowest BCUT2D eigenvalue weighted by Gasteiger charge is -2.40. The average Bonchev–Trinajstić information content (AvgIpc) is 2.83. The van der Waals surface area contributed by atoms with E-state index in [0.717, 1.165) is 5.92 Å². The molecule has 3 nitrogen and oxygen atoms in total. The molecule has 0 bridgehead atoms. The van der Waals surface area contributed by atoms with E-state index in [1.54, 1.807) is 0 Å². The van der Waals surface area contributed by atoms with Gasteiger partial charge in [-0.3, -0.25) is 9.89 Å². The molecule has 2 rings (SSSR count). The van der Waals surface area contributed by atoms with Crippen molar-refractivity contribution in [3.63, 3.8) is 0 Å². The molecule has 1 N–H and O–H groups in total. The highest BCUT2D eigenvalue weighted by Gasteiger charge is 2.32. The number of piperidine rings is 1. The van der Waals surface area contributed by atoms with E-state index in [0.29, 0.717) is 6.04 Å². The molecule has 1 saturated heterocycles. The van der Waals surface area contributed by atoms with Crippen LogP contribution in [0.2, 0.25) is 0 Å². The van der Waals surface area contributed by atoms with Gasteiger partial charge in [-0.1, -0.05) is 13.8 Å². The Morgan fingerprint density at radius 3 is 2.68 bits per heavy atom. The molecule has 3 heteroatoms. The first kappa shape index (κ1) is 14.7. The van der Waals surface area contributed by atoms with E-state index >= 15 is 0 Å². The van der Waals surface area contributed by atoms with E-state index < -0.39 is 0 Å². The second-order valence-electron chi connectivity index (χ2n) is 6.41. The number of nitrogens with one attached hydrogen (secondary N) is 1. The highest BCUT2D eigenvalue weighted by Crippen LogP contribution is 2.29. The lowest BCUT2D eigenvalue weighted by molar-refractivity contribution is 0.0987. The summed E-state index contributed by atoms with van der Waals surface area (Å²) in [6, 6.07) is 0.619. The summed E-state index contributed by atoms with van der Waals surface area (Å²) >= 11 is 0. The minimum atomic E-state index is -0.0514.